The van der Waals surface area contributed by atoms with Crippen LogP contribution >= 0.6 is 11.6 Å². The maximum absolute atomic E-state index is 12.6. The third kappa shape index (κ3) is 2.25. The van der Waals surface area contributed by atoms with E-state index in [0.29, 0.717) is 5.69 Å². The van der Waals surface area contributed by atoms with Crippen LogP contribution in [-0.4, -0.2) is 9.78 Å². The van der Waals surface area contributed by atoms with Crippen molar-refractivity contribution in [2.24, 2.45) is 0 Å². The number of alkyl halides is 3. The van der Waals surface area contributed by atoms with Crippen molar-refractivity contribution in [1.82, 2.24) is 9.78 Å². The zero-order valence-electron chi connectivity index (χ0n) is 10.0. The lowest BCUT2D eigenvalue weighted by Crippen LogP contribution is -2.07. The summed E-state index contributed by atoms with van der Waals surface area (Å²) in [6, 6.07) is 13.6. The molecule has 0 spiro atoms. The molecule has 1 heterocycles. The summed E-state index contributed by atoms with van der Waals surface area (Å²) in [5.41, 5.74) is -0.514. The van der Waals surface area contributed by atoms with Crippen molar-refractivity contribution in [3.05, 3.63) is 59.4 Å². The number of rotatable bonds is 1. The van der Waals surface area contributed by atoms with E-state index in [4.69, 9.17) is 11.6 Å². The van der Waals surface area contributed by atoms with E-state index in [1.54, 1.807) is 12.1 Å². The summed E-state index contributed by atoms with van der Waals surface area (Å²) in [5.74, 6) is 0. The summed E-state index contributed by atoms with van der Waals surface area (Å²) in [6.45, 7) is 0. The van der Waals surface area contributed by atoms with Crippen LogP contribution in [0.3, 0.4) is 0 Å². The number of aromatic nitrogens is 2. The van der Waals surface area contributed by atoms with Crippen LogP contribution in [-0.2, 0) is 6.18 Å². The highest BCUT2D eigenvalue weighted by Crippen LogP contribution is 2.31. The van der Waals surface area contributed by atoms with Crippen molar-refractivity contribution in [1.29, 1.82) is 0 Å². The standard InChI is InChI=1S/C14H8ClF3N2/c15-13-8-12(14(16,17)18)19-20(13)11-6-5-9-3-1-2-4-10(9)7-11/h1-8H. The second-order valence-electron chi connectivity index (χ2n) is 4.29. The Morgan fingerprint density at radius 1 is 0.950 bits per heavy atom. The maximum atomic E-state index is 12.6. The van der Waals surface area contributed by atoms with Gasteiger partial charge in [-0.2, -0.15) is 18.3 Å². The molecule has 6 heteroatoms. The van der Waals surface area contributed by atoms with Crippen LogP contribution in [0.15, 0.2) is 48.5 Å². The number of halogens is 4. The fraction of sp³-hybridized carbons (Fsp3) is 0.0714. The summed E-state index contributed by atoms with van der Waals surface area (Å²) < 4.78 is 38.9. The fourth-order valence-corrected chi connectivity index (χ4v) is 2.23. The first-order valence-corrected chi connectivity index (χ1v) is 6.15. The Morgan fingerprint density at radius 3 is 2.30 bits per heavy atom. The number of nitrogens with zero attached hydrogens (tertiary/aromatic N) is 2. The topological polar surface area (TPSA) is 17.8 Å². The van der Waals surface area contributed by atoms with E-state index < -0.39 is 11.9 Å². The monoisotopic (exact) mass is 296 g/mol. The third-order valence-electron chi connectivity index (χ3n) is 2.93. The third-order valence-corrected chi connectivity index (χ3v) is 3.20. The Hall–Kier alpha value is -2.01. The fourth-order valence-electron chi connectivity index (χ4n) is 1.99. The highest BCUT2D eigenvalue weighted by molar-refractivity contribution is 6.29. The smallest absolute Gasteiger partial charge is 0.222 e. The van der Waals surface area contributed by atoms with Crippen LogP contribution in [0, 0.1) is 0 Å². The number of benzene rings is 2. The number of fused-ring (bicyclic) bond motifs is 1. The summed E-state index contributed by atoms with van der Waals surface area (Å²) >= 11 is 5.84. The summed E-state index contributed by atoms with van der Waals surface area (Å²) in [5, 5.41) is 5.34. The number of hydrogen-bond acceptors (Lipinski definition) is 1. The second-order valence-corrected chi connectivity index (χ2v) is 4.68. The van der Waals surface area contributed by atoms with E-state index >= 15 is 0 Å². The summed E-state index contributed by atoms with van der Waals surface area (Å²) in [6.07, 6.45) is -4.51. The minimum Gasteiger partial charge on any atom is -0.222 e. The molecule has 0 aliphatic heterocycles. The molecule has 3 aromatic rings. The van der Waals surface area contributed by atoms with Crippen molar-refractivity contribution in [3.8, 4) is 5.69 Å². The first kappa shape index (κ1) is 13.0. The second kappa shape index (κ2) is 4.52. The van der Waals surface area contributed by atoms with E-state index in [1.165, 1.54) is 0 Å². The molecular formula is C14H8ClF3N2. The molecule has 0 saturated heterocycles. The quantitative estimate of drug-likeness (QED) is 0.636. The molecule has 0 radical (unpaired) electrons. The molecule has 20 heavy (non-hydrogen) atoms. The van der Waals surface area contributed by atoms with Crippen molar-refractivity contribution >= 4 is 22.4 Å². The van der Waals surface area contributed by atoms with E-state index in [-0.39, 0.29) is 5.15 Å². The minimum absolute atomic E-state index is 0.0763. The molecule has 0 unspecified atom stereocenters. The van der Waals surface area contributed by atoms with Crippen molar-refractivity contribution in [3.63, 3.8) is 0 Å². The Bertz CT molecular complexity index is 777. The number of hydrogen-bond donors (Lipinski definition) is 0. The van der Waals surface area contributed by atoms with Crippen LogP contribution in [0.4, 0.5) is 13.2 Å². The van der Waals surface area contributed by atoms with Gasteiger partial charge in [-0.15, -0.1) is 0 Å². The van der Waals surface area contributed by atoms with Crippen LogP contribution in [0.25, 0.3) is 16.5 Å². The molecule has 2 nitrogen and oxygen atoms in total. The van der Waals surface area contributed by atoms with Crippen LogP contribution in [0.2, 0.25) is 5.15 Å². The van der Waals surface area contributed by atoms with Crippen molar-refractivity contribution < 1.29 is 13.2 Å². The molecule has 0 fully saturated rings. The zero-order chi connectivity index (χ0) is 14.3. The summed E-state index contributed by atoms with van der Waals surface area (Å²) in [7, 11) is 0. The average Bonchev–Trinajstić information content (AvgIpc) is 2.80. The Labute approximate surface area is 117 Å². The maximum Gasteiger partial charge on any atom is 0.435 e. The van der Waals surface area contributed by atoms with Gasteiger partial charge < -0.3 is 0 Å². The van der Waals surface area contributed by atoms with Gasteiger partial charge in [0.25, 0.3) is 0 Å². The van der Waals surface area contributed by atoms with Gasteiger partial charge in [0.15, 0.2) is 5.69 Å². The van der Waals surface area contributed by atoms with Gasteiger partial charge in [0.1, 0.15) is 5.15 Å². The minimum atomic E-state index is -4.51. The van der Waals surface area contributed by atoms with E-state index in [0.717, 1.165) is 21.5 Å². The molecule has 0 aliphatic carbocycles. The van der Waals surface area contributed by atoms with Crippen molar-refractivity contribution in [2.45, 2.75) is 6.18 Å². The molecule has 3 rings (SSSR count). The average molecular weight is 297 g/mol. The predicted molar refractivity (Wildman–Crippen MR) is 71.1 cm³/mol. The van der Waals surface area contributed by atoms with E-state index in [9.17, 15) is 13.2 Å². The molecule has 2 aromatic carbocycles. The molecule has 102 valence electrons. The Morgan fingerprint density at radius 2 is 1.65 bits per heavy atom. The van der Waals surface area contributed by atoms with Gasteiger partial charge >= 0.3 is 6.18 Å². The lowest BCUT2D eigenvalue weighted by molar-refractivity contribution is -0.141. The molecule has 1 aromatic heterocycles. The SMILES string of the molecule is FC(F)(F)c1cc(Cl)n(-c2ccc3ccccc3c2)n1. The molecule has 0 saturated carbocycles. The van der Waals surface area contributed by atoms with Gasteiger partial charge in [-0.1, -0.05) is 41.9 Å². The van der Waals surface area contributed by atoms with Gasteiger partial charge in [-0.3, -0.25) is 0 Å². The first-order valence-electron chi connectivity index (χ1n) is 5.77. The Balaban J connectivity index is 2.13. The molecule has 0 atom stereocenters. The van der Waals surface area contributed by atoms with Crippen LogP contribution in [0.1, 0.15) is 5.69 Å². The highest BCUT2D eigenvalue weighted by atomic mass is 35.5. The molecule has 0 N–H and O–H groups in total. The van der Waals surface area contributed by atoms with Gasteiger partial charge in [0.2, 0.25) is 0 Å². The van der Waals surface area contributed by atoms with Crippen molar-refractivity contribution in [2.75, 3.05) is 0 Å². The largest absolute Gasteiger partial charge is 0.435 e. The lowest BCUT2D eigenvalue weighted by atomic mass is 10.1. The highest BCUT2D eigenvalue weighted by Gasteiger charge is 2.34. The predicted octanol–water partition coefficient (Wildman–Crippen LogP) is 4.70. The molecule has 0 amide bonds. The van der Waals surface area contributed by atoms with Gasteiger partial charge in [0.05, 0.1) is 5.69 Å². The van der Waals surface area contributed by atoms with Crippen LogP contribution < -0.4 is 0 Å². The van der Waals surface area contributed by atoms with E-state index in [2.05, 4.69) is 5.10 Å². The molecular weight excluding hydrogens is 289 g/mol. The zero-order valence-corrected chi connectivity index (χ0v) is 10.8. The Kier molecular flexibility index (Phi) is 2.94. The molecule has 0 aliphatic rings. The van der Waals surface area contributed by atoms with Gasteiger partial charge in [0, 0.05) is 6.07 Å². The lowest BCUT2D eigenvalue weighted by Gasteiger charge is -2.05. The van der Waals surface area contributed by atoms with E-state index in [1.807, 2.05) is 30.3 Å². The molecule has 0 bridgehead atoms. The van der Waals surface area contributed by atoms with Crippen LogP contribution in [0.5, 0.6) is 0 Å². The van der Waals surface area contributed by atoms with Gasteiger partial charge in [-0.05, 0) is 22.9 Å². The first-order chi connectivity index (χ1) is 9.45. The summed E-state index contributed by atoms with van der Waals surface area (Å²) in [4.78, 5) is 0. The van der Waals surface area contributed by atoms with Gasteiger partial charge in [-0.25, -0.2) is 4.68 Å². The normalized spacial score (nSPS) is 12.0.